The van der Waals surface area contributed by atoms with Crippen molar-refractivity contribution >= 4 is 32.6 Å². The lowest BCUT2D eigenvalue weighted by Crippen LogP contribution is -2.44. The first kappa shape index (κ1) is 12.0. The second-order valence-corrected chi connectivity index (χ2v) is 11.7. The Balaban J connectivity index is -0.0000000568. The Labute approximate surface area is 291 Å². The van der Waals surface area contributed by atoms with Crippen molar-refractivity contribution in [2.24, 2.45) is 0 Å². The van der Waals surface area contributed by atoms with Crippen LogP contribution in [-0.4, -0.2) is 76.8 Å². The number of alkyl halides is 3. The van der Waals surface area contributed by atoms with Gasteiger partial charge in [0.05, 0.1) is 41.5 Å². The minimum absolute atomic E-state index is 0.0203. The standard InChI is InChI=1S/C24H26F4N8O3S.21H2/c1-13-11-39-8-7-34(13)19-10-17(20-14(2)35(12-40(4,37)38)33-21(20)24(26,27)28)31-23(32-19)36-18-6-5-15(25)9-16(18)30-22(36)29-3;;;;;;;;;;;;;;;;;;;;;/h5-6,9-10,13H,7-8,11-12H2,1-4H3,(H,29,30);21*1H/t13-;;;;;;;;;;;;;;;;;;;;;/m1...................../s1/i;21*1+1D. The molecule has 4 heterocycles. The van der Waals surface area contributed by atoms with E-state index in [0.29, 0.717) is 31.1 Å². The highest BCUT2D eigenvalue weighted by Gasteiger charge is 2.40. The van der Waals surface area contributed by atoms with Gasteiger partial charge in [0.2, 0.25) is 11.9 Å². The molecule has 3 aromatic heterocycles. The zero-order chi connectivity index (χ0) is 71.0. The monoisotopic (exact) mass is 667 g/mol. The molecular formula is C24H68F4N8O3S. The third-order valence-corrected chi connectivity index (χ3v) is 7.20. The predicted octanol–water partition coefficient (Wildman–Crippen LogP) is 8.58. The van der Waals surface area contributed by atoms with Crippen LogP contribution in [0.25, 0.3) is 28.2 Å². The number of aromatic nitrogens is 6. The molecule has 1 N–H and O–H groups in total. The van der Waals surface area contributed by atoms with Crippen molar-refractivity contribution in [1.29, 1.82) is 0 Å². The van der Waals surface area contributed by atoms with Crippen LogP contribution in [0.4, 0.5) is 29.3 Å². The SMILES string of the molecule is CNc1nc2cc(F)ccc2n1-c1nc(-c2c(C(F)(F)F)nn(CS(C)(=O)=O)c2C)cc(N2CCOC[C@H]2C)n1.[2H][2H].[2H][2H].[2H][2H].[2H][2H].[2H][2H].[2H][2H].[2H][2H].[2H][2H].[2H][2H].[2H][2H].[2H][2H].[2H][2H].[2H][2H].[2H][2H].[2H][2H].[2H][2H].[2H][2H].[2H][2H].[2H][2H].[2H][2H].[2H][2H]. The molecule has 40 heavy (non-hydrogen) atoms. The number of ether oxygens (including phenoxy) is 1. The summed E-state index contributed by atoms with van der Waals surface area (Å²) in [6.45, 7) is 4.43. The van der Waals surface area contributed by atoms with Crippen LogP contribution in [0.5, 0.6) is 0 Å². The van der Waals surface area contributed by atoms with Crippen molar-refractivity contribution in [3.05, 3.63) is 41.5 Å². The maximum Gasteiger partial charge on any atom is 0.435 e. The van der Waals surface area contributed by atoms with Crippen molar-refractivity contribution in [3.8, 4) is 17.2 Å². The molecule has 1 aliphatic rings. The number of fused-ring (bicyclic) bond motifs is 1. The Morgan fingerprint density at radius 2 is 1.98 bits per heavy atom. The second-order valence-electron chi connectivity index (χ2n) is 9.54. The van der Waals surface area contributed by atoms with E-state index in [1.165, 1.54) is 35.8 Å². The summed E-state index contributed by atoms with van der Waals surface area (Å²) in [6, 6.07) is 5.20. The molecule has 16 heteroatoms. The van der Waals surface area contributed by atoms with Gasteiger partial charge in [-0.2, -0.15) is 23.3 Å². The number of anilines is 2. The van der Waals surface area contributed by atoms with E-state index in [1.807, 2.05) is 11.8 Å². The summed E-state index contributed by atoms with van der Waals surface area (Å²) in [7, 11) is -2.13. The molecule has 0 unspecified atom stereocenters. The first-order valence-corrected chi connectivity index (χ1v) is 14.2. The molecule has 0 bridgehead atoms. The molecule has 0 aliphatic carbocycles. The topological polar surface area (TPSA) is 120 Å². The number of nitrogens with zero attached hydrogens (tertiary/aromatic N) is 7. The summed E-state index contributed by atoms with van der Waals surface area (Å²) in [4.78, 5) is 15.5. The van der Waals surface area contributed by atoms with E-state index in [0.717, 1.165) is 10.9 Å². The minimum atomic E-state index is -4.91. The molecule has 0 amide bonds. The fourth-order valence-corrected chi connectivity index (χ4v) is 5.38. The highest BCUT2D eigenvalue weighted by atomic mass is 32.2. The summed E-state index contributed by atoms with van der Waals surface area (Å²) in [6.07, 6.45) is -4.00. The van der Waals surface area contributed by atoms with E-state index >= 15 is 0 Å². The van der Waals surface area contributed by atoms with Crippen molar-refractivity contribution in [1.82, 2.24) is 29.3 Å². The average Bonchev–Trinajstić information content (AvgIpc) is 4.13. The van der Waals surface area contributed by atoms with Crippen LogP contribution in [-0.2, 0) is 26.6 Å². The van der Waals surface area contributed by atoms with Crippen molar-refractivity contribution in [3.63, 3.8) is 0 Å². The number of imidazole rings is 1. The Morgan fingerprint density at radius 3 is 2.62 bits per heavy atom. The fraction of sp³-hybridized carbons (Fsp3) is 0.417. The lowest BCUT2D eigenvalue weighted by Gasteiger charge is -2.34. The van der Waals surface area contributed by atoms with E-state index < -0.39 is 33.4 Å². The zero-order valence-electron chi connectivity index (χ0n) is 64.0. The van der Waals surface area contributed by atoms with Gasteiger partial charge in [-0.1, -0.05) is 0 Å². The normalized spacial score (nSPS) is 20.8. The molecule has 5 rings (SSSR count). The molecule has 11 nitrogen and oxygen atoms in total. The van der Waals surface area contributed by atoms with Gasteiger partial charge in [-0.3, -0.25) is 4.68 Å². The highest BCUT2D eigenvalue weighted by Crippen LogP contribution is 2.39. The molecule has 0 spiro atoms. The molecule has 1 aromatic carbocycles. The smallest absolute Gasteiger partial charge is 0.377 e. The number of benzene rings is 1. The molecule has 0 saturated carbocycles. The number of nitrogens with one attached hydrogen (secondary N) is 1. The summed E-state index contributed by atoms with van der Waals surface area (Å²) in [5, 5.41) is 6.53. The molecule has 1 fully saturated rings. The molecule has 0 radical (unpaired) electrons. The number of hydrogen-bond acceptors (Lipinski definition) is 9. The lowest BCUT2D eigenvalue weighted by molar-refractivity contribution is -0.141. The van der Waals surface area contributed by atoms with Crippen LogP contribution in [0, 0.1) is 12.7 Å². The molecule has 1 aliphatic heterocycles. The minimum Gasteiger partial charge on any atom is -0.377 e. The van der Waals surface area contributed by atoms with Crippen LogP contribution < -0.4 is 10.2 Å². The number of halogens is 4. The van der Waals surface area contributed by atoms with Gasteiger partial charge in [0.25, 0.3) is 0 Å². The van der Waals surface area contributed by atoms with Crippen LogP contribution in [0.15, 0.2) is 24.3 Å². The van der Waals surface area contributed by atoms with E-state index in [-0.39, 0.29) is 40.4 Å². The highest BCUT2D eigenvalue weighted by molar-refractivity contribution is 7.89. The molecule has 1 saturated heterocycles. The number of morpholine rings is 1. The molecular weight excluding hydrogens is 556 g/mol. The number of sulfone groups is 1. The maximum atomic E-state index is 14.3. The maximum absolute atomic E-state index is 14.3. The van der Waals surface area contributed by atoms with Gasteiger partial charge in [0, 0.05) is 100 Å². The van der Waals surface area contributed by atoms with Crippen LogP contribution >= 0.6 is 0 Å². The van der Waals surface area contributed by atoms with E-state index in [9.17, 15) is 26.0 Å². The van der Waals surface area contributed by atoms with Gasteiger partial charge in [-0.05, 0) is 26.0 Å². The van der Waals surface area contributed by atoms with E-state index in [2.05, 4.69) is 25.4 Å². The van der Waals surface area contributed by atoms with Gasteiger partial charge in [0.15, 0.2) is 15.5 Å². The van der Waals surface area contributed by atoms with E-state index in [4.69, 9.17) is 67.1 Å². The van der Waals surface area contributed by atoms with Crippen molar-refractivity contribution in [2.45, 2.75) is 31.9 Å². The molecule has 1 atom stereocenters. The summed E-state index contributed by atoms with van der Waals surface area (Å²) in [5.74, 6) is -0.715. The third-order valence-electron chi connectivity index (χ3n) is 6.49. The Kier molecular flexibility index (Phi) is 2.99. The van der Waals surface area contributed by atoms with Crippen molar-refractivity contribution < 1.29 is 93.1 Å². The van der Waals surface area contributed by atoms with Crippen LogP contribution in [0.3, 0.4) is 0 Å². The van der Waals surface area contributed by atoms with Crippen LogP contribution in [0.2, 0.25) is 0 Å². The first-order chi connectivity index (χ1) is 39.8. The lowest BCUT2D eigenvalue weighted by atomic mass is 10.1. The Hall–Kier alpha value is -3.79. The van der Waals surface area contributed by atoms with Gasteiger partial charge in [0.1, 0.15) is 17.5 Å². The first-order valence-electron chi connectivity index (χ1n) is 33.2. The number of rotatable bonds is 6. The third kappa shape index (κ3) is 5.20. The van der Waals surface area contributed by atoms with Gasteiger partial charge in [-0.15, -0.1) is 0 Å². The Morgan fingerprint density at radius 1 is 1.23 bits per heavy atom. The van der Waals surface area contributed by atoms with Gasteiger partial charge < -0.3 is 15.0 Å². The van der Waals surface area contributed by atoms with Crippen LogP contribution in [0.1, 0.15) is 80.7 Å². The second kappa shape index (κ2) is 9.99. The van der Waals surface area contributed by atoms with E-state index in [1.54, 1.807) is 7.05 Å². The largest absolute Gasteiger partial charge is 0.435 e. The van der Waals surface area contributed by atoms with Gasteiger partial charge in [-0.25, -0.2) is 27.3 Å². The summed E-state index contributed by atoms with van der Waals surface area (Å²) >= 11 is 0. The fourth-order valence-electron chi connectivity index (χ4n) is 4.69. The zero-order valence-corrected chi connectivity index (χ0v) is 22.8. The quantitative estimate of drug-likeness (QED) is 0.202. The molecule has 4 aromatic rings. The Bertz CT molecular complexity index is 1780. The van der Waals surface area contributed by atoms with Gasteiger partial charge >= 0.3 is 6.18 Å². The summed E-state index contributed by atoms with van der Waals surface area (Å²) < 4.78 is 298. The predicted molar refractivity (Wildman–Crippen MR) is 184 cm³/mol. The number of hydrogen-bond donors (Lipinski definition) is 1. The summed E-state index contributed by atoms with van der Waals surface area (Å²) in [5.41, 5.74) is -1.09. The van der Waals surface area contributed by atoms with Crippen molar-refractivity contribution in [2.75, 3.05) is 43.3 Å². The molecule has 256 valence electrons. The average molecular weight is 667 g/mol.